The van der Waals surface area contributed by atoms with Crippen LogP contribution in [-0.4, -0.2) is 40.6 Å². The molecule has 1 aliphatic rings. The first kappa shape index (κ1) is 19.7. The molecule has 0 bridgehead atoms. The Hall–Kier alpha value is -3.03. The largest absolute Gasteiger partial charge is 0.490 e. The zero-order valence-corrected chi connectivity index (χ0v) is 16.7. The van der Waals surface area contributed by atoms with Crippen LogP contribution in [0.3, 0.4) is 0 Å². The number of hydrogen-bond donors (Lipinski definition) is 1. The molecule has 0 saturated carbocycles. The summed E-state index contributed by atoms with van der Waals surface area (Å²) in [4.78, 5) is 16.9. The molecule has 0 aliphatic carbocycles. The Bertz CT molecular complexity index is 875. The van der Waals surface area contributed by atoms with Gasteiger partial charge in [-0.3, -0.25) is 0 Å². The number of hydrogen-bond acceptors (Lipinski definition) is 7. The van der Waals surface area contributed by atoms with E-state index in [2.05, 4.69) is 22.3 Å². The van der Waals surface area contributed by atoms with Crippen molar-refractivity contribution >= 4 is 11.9 Å². The van der Waals surface area contributed by atoms with Gasteiger partial charge in [0, 0.05) is 5.70 Å². The van der Waals surface area contributed by atoms with Crippen LogP contribution in [-0.2, 0) is 9.53 Å². The molecule has 1 atom stereocenters. The van der Waals surface area contributed by atoms with Gasteiger partial charge in [0.05, 0.1) is 25.4 Å². The van der Waals surface area contributed by atoms with Crippen LogP contribution < -0.4 is 14.8 Å². The monoisotopic (exact) mass is 386 g/mol. The van der Waals surface area contributed by atoms with Crippen LogP contribution in [0.4, 0.5) is 5.95 Å². The maximum Gasteiger partial charge on any atom is 0.338 e. The quantitative estimate of drug-likeness (QED) is 0.696. The van der Waals surface area contributed by atoms with E-state index in [9.17, 15) is 4.79 Å². The van der Waals surface area contributed by atoms with Crippen LogP contribution in [0.25, 0.3) is 0 Å². The number of aromatic nitrogens is 3. The third-order valence-corrected chi connectivity index (χ3v) is 4.33. The highest BCUT2D eigenvalue weighted by molar-refractivity contribution is 5.92. The minimum absolute atomic E-state index is 0.292. The fourth-order valence-corrected chi connectivity index (χ4v) is 3.17. The van der Waals surface area contributed by atoms with Gasteiger partial charge < -0.3 is 19.5 Å². The van der Waals surface area contributed by atoms with E-state index in [1.165, 1.54) is 6.33 Å². The van der Waals surface area contributed by atoms with Crippen molar-refractivity contribution in [2.45, 2.75) is 40.2 Å². The molecule has 2 heterocycles. The van der Waals surface area contributed by atoms with E-state index in [-0.39, 0.29) is 5.97 Å². The average molecular weight is 386 g/mol. The highest BCUT2D eigenvalue weighted by Crippen LogP contribution is 2.39. The maximum atomic E-state index is 12.7. The van der Waals surface area contributed by atoms with Crippen LogP contribution in [0.5, 0.6) is 11.5 Å². The summed E-state index contributed by atoms with van der Waals surface area (Å²) in [6, 6.07) is 5.20. The summed E-state index contributed by atoms with van der Waals surface area (Å²) >= 11 is 0. The number of esters is 1. The third kappa shape index (κ3) is 3.81. The highest BCUT2D eigenvalue weighted by atomic mass is 16.5. The van der Waals surface area contributed by atoms with E-state index in [0.717, 1.165) is 12.0 Å². The lowest BCUT2D eigenvalue weighted by atomic mass is 9.95. The van der Waals surface area contributed by atoms with Crippen molar-refractivity contribution in [1.29, 1.82) is 0 Å². The van der Waals surface area contributed by atoms with Crippen molar-refractivity contribution in [2.75, 3.05) is 25.1 Å². The smallest absolute Gasteiger partial charge is 0.338 e. The normalized spacial score (nSPS) is 15.6. The molecule has 8 nitrogen and oxygen atoms in total. The third-order valence-electron chi connectivity index (χ3n) is 4.33. The minimum atomic E-state index is -0.475. The molecule has 1 N–H and O–H groups in total. The molecule has 1 unspecified atom stereocenters. The molecule has 3 rings (SSSR count). The number of carbonyl (C=O) groups is 1. The highest BCUT2D eigenvalue weighted by Gasteiger charge is 2.34. The van der Waals surface area contributed by atoms with E-state index in [1.54, 1.807) is 11.6 Å². The predicted octanol–water partition coefficient (Wildman–Crippen LogP) is 3.32. The number of anilines is 1. The molecule has 1 aromatic carbocycles. The maximum absolute atomic E-state index is 12.7. The fraction of sp³-hybridized carbons (Fsp3) is 0.450. The van der Waals surface area contributed by atoms with E-state index in [4.69, 9.17) is 14.2 Å². The molecule has 1 aliphatic heterocycles. The molecule has 0 spiro atoms. The van der Waals surface area contributed by atoms with Crippen molar-refractivity contribution in [2.24, 2.45) is 0 Å². The van der Waals surface area contributed by atoms with E-state index >= 15 is 0 Å². The summed E-state index contributed by atoms with van der Waals surface area (Å²) < 4.78 is 18.6. The Kier molecular flexibility index (Phi) is 6.18. The zero-order valence-electron chi connectivity index (χ0n) is 16.7. The molecular formula is C20H26N4O4. The lowest BCUT2D eigenvalue weighted by Gasteiger charge is -2.28. The number of ether oxygens (including phenoxy) is 3. The number of rotatable bonds is 8. The van der Waals surface area contributed by atoms with Crippen molar-refractivity contribution in [3.63, 3.8) is 0 Å². The zero-order chi connectivity index (χ0) is 20.1. The van der Waals surface area contributed by atoms with Crippen molar-refractivity contribution in [3.05, 3.63) is 41.4 Å². The second-order valence-corrected chi connectivity index (χ2v) is 6.30. The molecule has 0 saturated heterocycles. The summed E-state index contributed by atoms with van der Waals surface area (Å²) in [7, 11) is 0. The van der Waals surface area contributed by atoms with Crippen LogP contribution in [0, 0.1) is 0 Å². The van der Waals surface area contributed by atoms with Crippen molar-refractivity contribution < 1.29 is 19.0 Å². The van der Waals surface area contributed by atoms with Crippen LogP contribution in [0.2, 0.25) is 0 Å². The Morgan fingerprint density at radius 1 is 1.18 bits per heavy atom. The Morgan fingerprint density at radius 2 is 2.00 bits per heavy atom. The number of nitrogens with zero attached hydrogens (tertiary/aromatic N) is 3. The molecule has 0 radical (unpaired) electrons. The van der Waals surface area contributed by atoms with Gasteiger partial charge in [-0.2, -0.15) is 10.1 Å². The summed E-state index contributed by atoms with van der Waals surface area (Å²) in [5.41, 5.74) is 2.01. The van der Waals surface area contributed by atoms with E-state index < -0.39 is 6.04 Å². The van der Waals surface area contributed by atoms with Gasteiger partial charge in [-0.25, -0.2) is 9.48 Å². The van der Waals surface area contributed by atoms with E-state index in [0.29, 0.717) is 48.5 Å². The molecular weight excluding hydrogens is 360 g/mol. The molecule has 150 valence electrons. The standard InChI is InChI=1S/C20H26N4O4/c1-5-10-28-15-9-8-14(11-16(15)26-6-2)18-17(19(25)27-7-3)13(4)23-20-21-12-22-24(18)20/h8-9,11-12,18H,5-7,10H2,1-4H3,(H,21,22,23). The number of allylic oxidation sites excluding steroid dienone is 1. The SMILES string of the molecule is CCCOc1ccc(C2C(C(=O)OCC)=C(C)Nc3ncnn32)cc1OCC. The van der Waals surface area contributed by atoms with E-state index in [1.807, 2.05) is 32.0 Å². The average Bonchev–Trinajstić information content (AvgIpc) is 3.14. The first-order valence-electron chi connectivity index (χ1n) is 9.54. The van der Waals surface area contributed by atoms with Gasteiger partial charge in [0.25, 0.3) is 0 Å². The number of fused-ring (bicyclic) bond motifs is 1. The number of benzene rings is 1. The number of nitrogens with one attached hydrogen (secondary N) is 1. The molecule has 0 amide bonds. The van der Waals surface area contributed by atoms with Crippen molar-refractivity contribution in [3.8, 4) is 11.5 Å². The lowest BCUT2D eigenvalue weighted by molar-refractivity contribution is -0.139. The molecule has 8 heteroatoms. The van der Waals surface area contributed by atoms with Crippen LogP contribution in [0.1, 0.15) is 45.7 Å². The summed E-state index contributed by atoms with van der Waals surface area (Å²) in [5, 5.41) is 7.44. The van der Waals surface area contributed by atoms with Gasteiger partial charge in [0.2, 0.25) is 5.95 Å². The molecule has 0 fully saturated rings. The molecule has 2 aromatic rings. The van der Waals surface area contributed by atoms with Gasteiger partial charge in [0.15, 0.2) is 11.5 Å². The summed E-state index contributed by atoms with van der Waals surface area (Å²) in [6.07, 6.45) is 2.36. The Morgan fingerprint density at radius 3 is 2.71 bits per heavy atom. The number of carbonyl (C=O) groups excluding carboxylic acids is 1. The Labute approximate surface area is 164 Å². The first-order valence-corrected chi connectivity index (χ1v) is 9.54. The second-order valence-electron chi connectivity index (χ2n) is 6.30. The Balaban J connectivity index is 2.08. The van der Waals surface area contributed by atoms with Crippen molar-refractivity contribution in [1.82, 2.24) is 14.8 Å². The second kappa shape index (κ2) is 8.77. The summed E-state index contributed by atoms with van der Waals surface area (Å²) in [6.45, 7) is 8.99. The molecule has 28 heavy (non-hydrogen) atoms. The lowest BCUT2D eigenvalue weighted by Crippen LogP contribution is -2.29. The fourth-order valence-electron chi connectivity index (χ4n) is 3.17. The van der Waals surface area contributed by atoms with Crippen LogP contribution >= 0.6 is 0 Å². The van der Waals surface area contributed by atoms with Gasteiger partial charge in [-0.1, -0.05) is 13.0 Å². The van der Waals surface area contributed by atoms with Gasteiger partial charge in [0.1, 0.15) is 12.4 Å². The van der Waals surface area contributed by atoms with Gasteiger partial charge >= 0.3 is 5.97 Å². The van der Waals surface area contributed by atoms with Gasteiger partial charge in [-0.15, -0.1) is 0 Å². The topological polar surface area (TPSA) is 87.5 Å². The summed E-state index contributed by atoms with van der Waals surface area (Å²) in [5.74, 6) is 1.50. The van der Waals surface area contributed by atoms with Gasteiger partial charge in [-0.05, 0) is 44.9 Å². The molecule has 1 aromatic heterocycles. The van der Waals surface area contributed by atoms with Crippen LogP contribution in [0.15, 0.2) is 35.8 Å². The minimum Gasteiger partial charge on any atom is -0.490 e. The first-order chi connectivity index (χ1) is 13.6. The predicted molar refractivity (Wildman–Crippen MR) is 105 cm³/mol.